The predicted molar refractivity (Wildman–Crippen MR) is 64.0 cm³/mol. The molecule has 0 amide bonds. The number of hydrogen-bond acceptors (Lipinski definition) is 0. The van der Waals surface area contributed by atoms with Crippen LogP contribution in [0, 0.1) is 6.92 Å². The number of benzene rings is 1. The molecule has 0 radical (unpaired) electrons. The largest absolute Gasteiger partial charge is 0.123 e. The quantitative estimate of drug-likeness (QED) is 0.635. The summed E-state index contributed by atoms with van der Waals surface area (Å²) in [5, 5.41) is 0.362. The monoisotopic (exact) mass is 210 g/mol. The SMILES string of the molecule is CCC(Cl)CCCc1ccc(C)cc1. The molecule has 0 heterocycles. The van der Waals surface area contributed by atoms with Gasteiger partial charge in [-0.1, -0.05) is 36.8 Å². The fourth-order valence-electron chi connectivity index (χ4n) is 1.49. The summed E-state index contributed by atoms with van der Waals surface area (Å²) in [7, 11) is 0. The van der Waals surface area contributed by atoms with Crippen LogP contribution in [-0.4, -0.2) is 5.38 Å². The highest BCUT2D eigenvalue weighted by Crippen LogP contribution is 2.13. The molecule has 1 unspecified atom stereocenters. The smallest absolute Gasteiger partial charge is 0.0333 e. The average molecular weight is 211 g/mol. The van der Waals surface area contributed by atoms with Crippen molar-refractivity contribution < 1.29 is 0 Å². The van der Waals surface area contributed by atoms with Crippen LogP contribution in [0.3, 0.4) is 0 Å². The summed E-state index contributed by atoms with van der Waals surface area (Å²) in [6.07, 6.45) is 4.57. The molecule has 0 nitrogen and oxygen atoms in total. The summed E-state index contributed by atoms with van der Waals surface area (Å²) in [4.78, 5) is 0. The maximum atomic E-state index is 6.06. The summed E-state index contributed by atoms with van der Waals surface area (Å²) in [5.74, 6) is 0. The van der Waals surface area contributed by atoms with Gasteiger partial charge >= 0.3 is 0 Å². The van der Waals surface area contributed by atoms with Crippen molar-refractivity contribution in [2.75, 3.05) is 0 Å². The first-order chi connectivity index (χ1) is 6.72. The Bertz CT molecular complexity index is 250. The van der Waals surface area contributed by atoms with Crippen LogP contribution < -0.4 is 0 Å². The molecule has 0 aliphatic carbocycles. The summed E-state index contributed by atoms with van der Waals surface area (Å²) in [6, 6.07) is 8.77. The van der Waals surface area contributed by atoms with Gasteiger partial charge in [0.15, 0.2) is 0 Å². The second-order valence-corrected chi connectivity index (χ2v) is 4.50. The number of hydrogen-bond donors (Lipinski definition) is 0. The van der Waals surface area contributed by atoms with Crippen LogP contribution in [0.5, 0.6) is 0 Å². The van der Waals surface area contributed by atoms with Crippen molar-refractivity contribution >= 4 is 11.6 Å². The van der Waals surface area contributed by atoms with E-state index in [1.54, 1.807) is 0 Å². The molecule has 0 aliphatic heterocycles. The van der Waals surface area contributed by atoms with E-state index in [-0.39, 0.29) is 0 Å². The van der Waals surface area contributed by atoms with Crippen LogP contribution in [0.4, 0.5) is 0 Å². The summed E-state index contributed by atoms with van der Waals surface area (Å²) in [6.45, 7) is 4.26. The van der Waals surface area contributed by atoms with Crippen LogP contribution >= 0.6 is 11.6 Å². The van der Waals surface area contributed by atoms with E-state index in [1.165, 1.54) is 17.5 Å². The molecule has 0 saturated carbocycles. The molecule has 0 spiro atoms. The first-order valence-electron chi connectivity index (χ1n) is 5.42. The molecule has 1 heteroatoms. The Morgan fingerprint density at radius 2 is 1.86 bits per heavy atom. The van der Waals surface area contributed by atoms with Crippen molar-refractivity contribution in [1.82, 2.24) is 0 Å². The maximum Gasteiger partial charge on any atom is 0.0333 e. The first kappa shape index (κ1) is 11.6. The molecule has 0 aromatic heterocycles. The third-order valence-corrected chi connectivity index (χ3v) is 3.07. The summed E-state index contributed by atoms with van der Waals surface area (Å²) in [5.41, 5.74) is 2.76. The highest BCUT2D eigenvalue weighted by atomic mass is 35.5. The molecular weight excluding hydrogens is 192 g/mol. The minimum Gasteiger partial charge on any atom is -0.123 e. The first-order valence-corrected chi connectivity index (χ1v) is 5.85. The molecule has 78 valence electrons. The zero-order valence-electron chi connectivity index (χ0n) is 9.09. The zero-order chi connectivity index (χ0) is 10.4. The Kier molecular flexibility index (Phi) is 5.03. The summed E-state index contributed by atoms with van der Waals surface area (Å²) >= 11 is 6.06. The molecule has 1 rings (SSSR count). The predicted octanol–water partition coefficient (Wildman–Crippen LogP) is 4.34. The number of rotatable bonds is 5. The van der Waals surface area contributed by atoms with Crippen LogP contribution in [-0.2, 0) is 6.42 Å². The fourth-order valence-corrected chi connectivity index (χ4v) is 1.64. The van der Waals surface area contributed by atoms with Crippen LogP contribution in [0.15, 0.2) is 24.3 Å². The van der Waals surface area contributed by atoms with Gasteiger partial charge in [0, 0.05) is 5.38 Å². The maximum absolute atomic E-state index is 6.06. The minimum atomic E-state index is 0.362. The molecule has 1 aromatic rings. The van der Waals surface area contributed by atoms with Gasteiger partial charge in [0.2, 0.25) is 0 Å². The molecule has 0 N–H and O–H groups in total. The van der Waals surface area contributed by atoms with E-state index in [2.05, 4.69) is 38.1 Å². The van der Waals surface area contributed by atoms with Crippen LogP contribution in [0.2, 0.25) is 0 Å². The van der Waals surface area contributed by atoms with Crippen molar-refractivity contribution in [2.45, 2.75) is 44.9 Å². The zero-order valence-corrected chi connectivity index (χ0v) is 9.85. The van der Waals surface area contributed by atoms with Gasteiger partial charge in [0.05, 0.1) is 0 Å². The minimum absolute atomic E-state index is 0.362. The second kappa shape index (κ2) is 6.08. The van der Waals surface area contributed by atoms with Crippen molar-refractivity contribution in [3.63, 3.8) is 0 Å². The van der Waals surface area contributed by atoms with E-state index in [4.69, 9.17) is 11.6 Å². The van der Waals surface area contributed by atoms with Crippen molar-refractivity contribution in [3.05, 3.63) is 35.4 Å². The van der Waals surface area contributed by atoms with Gasteiger partial charge in [0.1, 0.15) is 0 Å². The van der Waals surface area contributed by atoms with Crippen molar-refractivity contribution in [1.29, 1.82) is 0 Å². The highest BCUT2D eigenvalue weighted by Gasteiger charge is 2.00. The standard InChI is InChI=1S/C13H19Cl/c1-3-13(14)6-4-5-12-9-7-11(2)8-10-12/h7-10,13H,3-6H2,1-2H3. The van der Waals surface area contributed by atoms with Crippen LogP contribution in [0.25, 0.3) is 0 Å². The van der Waals surface area contributed by atoms with Crippen molar-refractivity contribution in [3.8, 4) is 0 Å². The van der Waals surface area contributed by atoms with Gasteiger partial charge in [-0.3, -0.25) is 0 Å². The molecular formula is C13H19Cl. The Labute approximate surface area is 92.3 Å². The number of alkyl halides is 1. The Balaban J connectivity index is 2.28. The third-order valence-electron chi connectivity index (χ3n) is 2.55. The van der Waals surface area contributed by atoms with Gasteiger partial charge in [-0.2, -0.15) is 0 Å². The van der Waals surface area contributed by atoms with Crippen LogP contribution in [0.1, 0.15) is 37.3 Å². The molecule has 1 atom stereocenters. The van der Waals surface area contributed by atoms with E-state index in [1.807, 2.05) is 0 Å². The highest BCUT2D eigenvalue weighted by molar-refractivity contribution is 6.20. The van der Waals surface area contributed by atoms with E-state index in [0.717, 1.165) is 19.3 Å². The lowest BCUT2D eigenvalue weighted by Gasteiger charge is -2.06. The number of aryl methyl sites for hydroxylation is 2. The Morgan fingerprint density at radius 1 is 1.21 bits per heavy atom. The molecule has 0 bridgehead atoms. The third kappa shape index (κ3) is 4.15. The number of halogens is 1. The van der Waals surface area contributed by atoms with E-state index in [9.17, 15) is 0 Å². The van der Waals surface area contributed by atoms with Gasteiger partial charge in [0.25, 0.3) is 0 Å². The van der Waals surface area contributed by atoms with Crippen molar-refractivity contribution in [2.24, 2.45) is 0 Å². The van der Waals surface area contributed by atoms with E-state index >= 15 is 0 Å². The average Bonchev–Trinajstić information content (AvgIpc) is 2.21. The second-order valence-electron chi connectivity index (χ2n) is 3.88. The summed E-state index contributed by atoms with van der Waals surface area (Å²) < 4.78 is 0. The molecule has 14 heavy (non-hydrogen) atoms. The van der Waals surface area contributed by atoms with E-state index in [0.29, 0.717) is 5.38 Å². The van der Waals surface area contributed by atoms with Gasteiger partial charge in [-0.15, -0.1) is 11.6 Å². The molecule has 0 aliphatic rings. The molecule has 0 fully saturated rings. The van der Waals surface area contributed by atoms with Gasteiger partial charge < -0.3 is 0 Å². The lowest BCUT2D eigenvalue weighted by Crippen LogP contribution is -1.96. The Morgan fingerprint density at radius 3 is 2.43 bits per heavy atom. The van der Waals surface area contributed by atoms with Gasteiger partial charge in [-0.05, 0) is 38.2 Å². The lowest BCUT2D eigenvalue weighted by atomic mass is 10.1. The Hall–Kier alpha value is -0.490. The topological polar surface area (TPSA) is 0 Å². The lowest BCUT2D eigenvalue weighted by molar-refractivity contribution is 0.674. The normalized spacial score (nSPS) is 12.8. The van der Waals surface area contributed by atoms with Gasteiger partial charge in [-0.25, -0.2) is 0 Å². The van der Waals surface area contributed by atoms with E-state index < -0.39 is 0 Å². The molecule has 1 aromatic carbocycles. The fraction of sp³-hybridized carbons (Fsp3) is 0.538. The molecule has 0 saturated heterocycles.